The smallest absolute Gasteiger partial charge is 0.407 e. The molecule has 2 heterocycles. The molecule has 2 N–H and O–H groups in total. The summed E-state index contributed by atoms with van der Waals surface area (Å²) in [5.74, 6) is -1.49. The summed E-state index contributed by atoms with van der Waals surface area (Å²) < 4.78 is 6.94. The monoisotopic (exact) mass is 475 g/mol. The average molecular weight is 476 g/mol. The van der Waals surface area contributed by atoms with Gasteiger partial charge in [0.25, 0.3) is 5.91 Å². The van der Waals surface area contributed by atoms with Crippen LogP contribution < -0.4 is 5.32 Å². The van der Waals surface area contributed by atoms with Crippen molar-refractivity contribution in [3.05, 3.63) is 71.5 Å². The molecule has 10 nitrogen and oxygen atoms in total. The third-order valence-corrected chi connectivity index (χ3v) is 6.51. The van der Waals surface area contributed by atoms with Crippen LogP contribution in [0, 0.1) is 0 Å². The van der Waals surface area contributed by atoms with Gasteiger partial charge in [0.2, 0.25) is 0 Å². The molecule has 1 aliphatic carbocycles. The second kappa shape index (κ2) is 9.57. The highest BCUT2D eigenvalue weighted by molar-refractivity contribution is 5.95. The van der Waals surface area contributed by atoms with Crippen LogP contribution in [-0.4, -0.2) is 68.7 Å². The maximum Gasteiger partial charge on any atom is 0.407 e. The summed E-state index contributed by atoms with van der Waals surface area (Å²) in [4.78, 5) is 37.5. The second-order valence-corrected chi connectivity index (χ2v) is 8.61. The molecule has 180 valence electrons. The van der Waals surface area contributed by atoms with Crippen LogP contribution in [0.4, 0.5) is 4.79 Å². The molecule has 3 aromatic rings. The lowest BCUT2D eigenvalue weighted by atomic mass is 9.98. The maximum absolute atomic E-state index is 12.6. The third-order valence-electron chi connectivity index (χ3n) is 6.51. The lowest BCUT2D eigenvalue weighted by Gasteiger charge is -2.19. The first kappa shape index (κ1) is 22.6. The molecule has 1 aromatic heterocycles. The number of rotatable bonds is 7. The van der Waals surface area contributed by atoms with Crippen molar-refractivity contribution < 1.29 is 24.2 Å². The van der Waals surface area contributed by atoms with E-state index >= 15 is 0 Å². The first-order chi connectivity index (χ1) is 17.0. The summed E-state index contributed by atoms with van der Waals surface area (Å²) >= 11 is 0. The van der Waals surface area contributed by atoms with Gasteiger partial charge in [-0.1, -0.05) is 53.7 Å². The first-order valence-electron chi connectivity index (χ1n) is 11.6. The van der Waals surface area contributed by atoms with Crippen LogP contribution >= 0.6 is 0 Å². The van der Waals surface area contributed by atoms with Crippen molar-refractivity contribution in [2.45, 2.75) is 31.3 Å². The van der Waals surface area contributed by atoms with Crippen molar-refractivity contribution in [3.63, 3.8) is 0 Å². The van der Waals surface area contributed by atoms with E-state index < -0.39 is 24.0 Å². The zero-order valence-corrected chi connectivity index (χ0v) is 19.0. The van der Waals surface area contributed by atoms with Crippen LogP contribution in [-0.2, 0) is 16.1 Å². The molecule has 5 rings (SSSR count). The number of carboxylic acid groups (broad SMARTS) is 1. The van der Waals surface area contributed by atoms with Crippen LogP contribution in [0.2, 0.25) is 0 Å². The Morgan fingerprint density at radius 2 is 1.74 bits per heavy atom. The second-order valence-electron chi connectivity index (χ2n) is 8.61. The van der Waals surface area contributed by atoms with Gasteiger partial charge < -0.3 is 20.1 Å². The molecular weight excluding hydrogens is 450 g/mol. The highest BCUT2D eigenvalue weighted by Crippen LogP contribution is 2.44. The summed E-state index contributed by atoms with van der Waals surface area (Å²) in [5, 5.41) is 19.8. The average Bonchev–Trinajstić information content (AvgIpc) is 3.60. The van der Waals surface area contributed by atoms with E-state index in [9.17, 15) is 19.5 Å². The molecule has 2 aliphatic rings. The van der Waals surface area contributed by atoms with E-state index in [2.05, 4.69) is 39.9 Å². The van der Waals surface area contributed by atoms with Gasteiger partial charge in [0.15, 0.2) is 5.69 Å². The molecule has 0 bridgehead atoms. The molecule has 0 unspecified atom stereocenters. The number of fused-ring (bicyclic) bond motifs is 3. The number of carbonyl (C=O) groups is 3. The zero-order valence-electron chi connectivity index (χ0n) is 19.0. The van der Waals surface area contributed by atoms with Crippen LogP contribution in [0.15, 0.2) is 54.7 Å². The molecule has 0 saturated carbocycles. The Bertz CT molecular complexity index is 1230. The third kappa shape index (κ3) is 4.46. The number of carboxylic acids is 1. The van der Waals surface area contributed by atoms with E-state index in [4.69, 9.17) is 4.74 Å². The summed E-state index contributed by atoms with van der Waals surface area (Å²) in [6, 6.07) is 15.4. The predicted octanol–water partition coefficient (Wildman–Crippen LogP) is 2.51. The van der Waals surface area contributed by atoms with Gasteiger partial charge in [0.1, 0.15) is 12.6 Å². The number of alkyl carbamates (subject to hydrolysis) is 1. The fourth-order valence-electron chi connectivity index (χ4n) is 4.84. The van der Waals surface area contributed by atoms with Gasteiger partial charge in [-0.25, -0.2) is 14.3 Å². The number of nitrogens with one attached hydrogen (secondary N) is 1. The van der Waals surface area contributed by atoms with Crippen molar-refractivity contribution >= 4 is 18.0 Å². The largest absolute Gasteiger partial charge is 0.480 e. The van der Waals surface area contributed by atoms with Gasteiger partial charge in [-0.05, 0) is 35.1 Å². The highest BCUT2D eigenvalue weighted by atomic mass is 16.5. The quantitative estimate of drug-likeness (QED) is 0.538. The number of aliphatic carboxylic acids is 1. The van der Waals surface area contributed by atoms with E-state index in [0.29, 0.717) is 19.4 Å². The van der Waals surface area contributed by atoms with E-state index in [1.807, 2.05) is 24.3 Å². The van der Waals surface area contributed by atoms with E-state index in [-0.39, 0.29) is 31.3 Å². The molecule has 0 spiro atoms. The molecule has 1 aliphatic heterocycles. The van der Waals surface area contributed by atoms with Gasteiger partial charge in [-0.3, -0.25) is 4.79 Å². The SMILES string of the molecule is O=C(NCCn1cc(C(=O)N2CCC[C@H]2C(=O)O)nn1)OCC1c2ccccc2-c2ccccc21. The van der Waals surface area contributed by atoms with Crippen molar-refractivity contribution in [2.24, 2.45) is 0 Å². The molecule has 1 atom stereocenters. The van der Waals surface area contributed by atoms with Crippen LogP contribution in [0.1, 0.15) is 40.4 Å². The summed E-state index contributed by atoms with van der Waals surface area (Å²) in [6.45, 7) is 1.12. The summed E-state index contributed by atoms with van der Waals surface area (Å²) in [7, 11) is 0. The van der Waals surface area contributed by atoms with Gasteiger partial charge >= 0.3 is 12.1 Å². The van der Waals surface area contributed by atoms with E-state index in [0.717, 1.165) is 22.3 Å². The standard InChI is InChI=1S/C25H25N5O5/c31-23(30-12-5-10-22(30)24(32)33)21-14-29(28-27-21)13-11-26-25(34)35-15-20-18-8-3-1-6-16(18)17-7-2-4-9-19(17)20/h1-4,6-9,14,20,22H,5,10-13,15H2,(H,26,34)(H,32,33)/t22-/m0/s1. The van der Waals surface area contributed by atoms with Crippen molar-refractivity contribution in [2.75, 3.05) is 19.7 Å². The van der Waals surface area contributed by atoms with Crippen molar-refractivity contribution in [3.8, 4) is 11.1 Å². The van der Waals surface area contributed by atoms with Crippen molar-refractivity contribution in [1.29, 1.82) is 0 Å². The lowest BCUT2D eigenvalue weighted by molar-refractivity contribution is -0.141. The van der Waals surface area contributed by atoms with E-state index in [1.54, 1.807) is 0 Å². The molecule has 0 radical (unpaired) electrons. The molecule has 1 fully saturated rings. The number of nitrogens with zero attached hydrogens (tertiary/aromatic N) is 4. The molecular formula is C25H25N5O5. The maximum atomic E-state index is 12.6. The van der Waals surface area contributed by atoms with Crippen LogP contribution in [0.3, 0.4) is 0 Å². The predicted molar refractivity (Wildman–Crippen MR) is 125 cm³/mol. The number of likely N-dealkylation sites (tertiary alicyclic amines) is 1. The molecule has 1 saturated heterocycles. The topological polar surface area (TPSA) is 127 Å². The number of amides is 2. The minimum atomic E-state index is -1.02. The number of ether oxygens (including phenoxy) is 1. The van der Waals surface area contributed by atoms with Crippen molar-refractivity contribution in [1.82, 2.24) is 25.2 Å². The normalized spacial score (nSPS) is 16.6. The van der Waals surface area contributed by atoms with Crippen LogP contribution in [0.5, 0.6) is 0 Å². The number of hydrogen-bond acceptors (Lipinski definition) is 6. The molecule has 2 aromatic carbocycles. The molecule has 10 heteroatoms. The fourth-order valence-corrected chi connectivity index (χ4v) is 4.84. The fraction of sp³-hybridized carbons (Fsp3) is 0.320. The van der Waals surface area contributed by atoms with Gasteiger partial charge in [0, 0.05) is 19.0 Å². The Hall–Kier alpha value is -4.21. The van der Waals surface area contributed by atoms with Gasteiger partial charge in [-0.15, -0.1) is 5.10 Å². The summed E-state index contributed by atoms with van der Waals surface area (Å²) in [5.41, 5.74) is 4.70. The minimum Gasteiger partial charge on any atom is -0.480 e. The Morgan fingerprint density at radius 3 is 2.43 bits per heavy atom. The Balaban J connectivity index is 1.12. The number of aromatic nitrogens is 3. The first-order valence-corrected chi connectivity index (χ1v) is 11.6. The van der Waals surface area contributed by atoms with Crippen LogP contribution in [0.25, 0.3) is 11.1 Å². The van der Waals surface area contributed by atoms with Gasteiger partial charge in [-0.2, -0.15) is 0 Å². The van der Waals surface area contributed by atoms with Gasteiger partial charge in [0.05, 0.1) is 12.7 Å². The Kier molecular flexibility index (Phi) is 6.17. The minimum absolute atomic E-state index is 0.0164. The summed E-state index contributed by atoms with van der Waals surface area (Å²) in [6.07, 6.45) is 1.99. The number of carbonyl (C=O) groups excluding carboxylic acids is 2. The molecule has 35 heavy (non-hydrogen) atoms. The zero-order chi connectivity index (χ0) is 24.4. The number of hydrogen-bond donors (Lipinski definition) is 2. The Morgan fingerprint density at radius 1 is 1.06 bits per heavy atom. The Labute approximate surface area is 201 Å². The van der Waals surface area contributed by atoms with E-state index in [1.165, 1.54) is 15.8 Å². The lowest BCUT2D eigenvalue weighted by Crippen LogP contribution is -2.40. The molecule has 2 amide bonds. The number of benzene rings is 2. The highest BCUT2D eigenvalue weighted by Gasteiger charge is 2.35.